The molecular formula is C5H8FNO2S3. The second kappa shape index (κ2) is 4.48. The van der Waals surface area contributed by atoms with Crippen LogP contribution in [-0.4, -0.2) is 36.6 Å². The summed E-state index contributed by atoms with van der Waals surface area (Å²) in [5.41, 5.74) is 0. The van der Waals surface area contributed by atoms with E-state index in [-0.39, 0.29) is 5.75 Å². The zero-order chi connectivity index (χ0) is 9.03. The maximum Gasteiger partial charge on any atom is 0.303 e. The van der Waals surface area contributed by atoms with Gasteiger partial charge in [0.05, 0.1) is 12.3 Å². The van der Waals surface area contributed by atoms with Gasteiger partial charge in [0.15, 0.2) is 0 Å². The lowest BCUT2D eigenvalue weighted by Gasteiger charge is -1.95. The molecule has 0 N–H and O–H groups in total. The number of thioether (sulfide) groups is 2. The first-order valence-electron chi connectivity index (χ1n) is 3.30. The number of halogens is 1. The molecule has 1 aliphatic heterocycles. The lowest BCUT2D eigenvalue weighted by molar-refractivity contribution is 0.554. The second-order valence-corrected chi connectivity index (χ2v) is 6.00. The molecule has 12 heavy (non-hydrogen) atoms. The Bertz CT molecular complexity index is 274. The Morgan fingerprint density at radius 1 is 1.67 bits per heavy atom. The molecule has 0 unspecified atom stereocenters. The monoisotopic (exact) mass is 229 g/mol. The molecule has 0 radical (unpaired) electrons. The molecule has 0 aliphatic carbocycles. The molecule has 0 saturated heterocycles. The summed E-state index contributed by atoms with van der Waals surface area (Å²) >= 11 is 2.89. The number of aliphatic imine (C=N–C) groups is 1. The highest BCUT2D eigenvalue weighted by Gasteiger charge is 2.11. The predicted octanol–water partition coefficient (Wildman–Crippen LogP) is 1.12. The Morgan fingerprint density at radius 3 is 2.92 bits per heavy atom. The van der Waals surface area contributed by atoms with Gasteiger partial charge in [-0.3, -0.25) is 4.99 Å². The van der Waals surface area contributed by atoms with Crippen molar-refractivity contribution in [2.75, 3.05) is 23.8 Å². The molecule has 1 rings (SSSR count). The van der Waals surface area contributed by atoms with Crippen molar-refractivity contribution in [3.63, 3.8) is 0 Å². The molecule has 0 saturated carbocycles. The normalized spacial score (nSPS) is 17.9. The van der Waals surface area contributed by atoms with Gasteiger partial charge in [-0.2, -0.15) is 8.42 Å². The van der Waals surface area contributed by atoms with Gasteiger partial charge < -0.3 is 0 Å². The molecule has 3 nitrogen and oxygen atoms in total. The summed E-state index contributed by atoms with van der Waals surface area (Å²) in [6, 6.07) is 0. The van der Waals surface area contributed by atoms with Crippen LogP contribution in [0.15, 0.2) is 4.99 Å². The molecule has 1 aliphatic rings. The Labute approximate surface area is 79.4 Å². The fourth-order valence-corrected chi connectivity index (χ4v) is 3.49. The van der Waals surface area contributed by atoms with E-state index >= 15 is 0 Å². The molecule has 7 heteroatoms. The summed E-state index contributed by atoms with van der Waals surface area (Å²) in [6.07, 6.45) is 0. The van der Waals surface area contributed by atoms with E-state index in [9.17, 15) is 12.3 Å². The number of rotatable bonds is 3. The highest BCUT2D eigenvalue weighted by molar-refractivity contribution is 8.39. The summed E-state index contributed by atoms with van der Waals surface area (Å²) in [4.78, 5) is 4.08. The van der Waals surface area contributed by atoms with E-state index in [0.29, 0.717) is 0 Å². The Balaban J connectivity index is 2.18. The van der Waals surface area contributed by atoms with Crippen LogP contribution in [0.5, 0.6) is 0 Å². The lowest BCUT2D eigenvalue weighted by Crippen LogP contribution is -2.01. The van der Waals surface area contributed by atoms with Crippen LogP contribution in [0.2, 0.25) is 0 Å². The molecule has 0 fully saturated rings. The van der Waals surface area contributed by atoms with Crippen LogP contribution in [0, 0.1) is 0 Å². The molecule has 0 aromatic heterocycles. The van der Waals surface area contributed by atoms with Gasteiger partial charge in [0.25, 0.3) is 0 Å². The first-order valence-corrected chi connectivity index (χ1v) is 6.83. The average Bonchev–Trinajstić information content (AvgIpc) is 2.36. The highest BCUT2D eigenvalue weighted by Crippen LogP contribution is 2.21. The van der Waals surface area contributed by atoms with E-state index in [1.54, 1.807) is 11.8 Å². The smallest absolute Gasteiger partial charge is 0.271 e. The Kier molecular flexibility index (Phi) is 3.85. The quantitative estimate of drug-likeness (QED) is 0.680. The molecule has 0 amide bonds. The zero-order valence-corrected chi connectivity index (χ0v) is 8.64. The molecule has 0 aromatic rings. The summed E-state index contributed by atoms with van der Waals surface area (Å²) in [6.45, 7) is 0.787. The van der Waals surface area contributed by atoms with Crippen molar-refractivity contribution >= 4 is 38.1 Å². The van der Waals surface area contributed by atoms with Crippen molar-refractivity contribution in [2.45, 2.75) is 0 Å². The summed E-state index contributed by atoms with van der Waals surface area (Å²) in [5.74, 6) is 0.784. The highest BCUT2D eigenvalue weighted by atomic mass is 32.3. The zero-order valence-electron chi connectivity index (χ0n) is 6.19. The summed E-state index contributed by atoms with van der Waals surface area (Å²) in [5, 5.41) is 0. The first kappa shape index (κ1) is 10.3. The first-order chi connectivity index (χ1) is 5.58. The Hall–Kier alpha value is 0.250. The SMILES string of the molecule is O=S(=O)(F)CCSC1=NCCS1. The van der Waals surface area contributed by atoms with Crippen molar-refractivity contribution in [3.8, 4) is 0 Å². The molecule has 0 aromatic carbocycles. The van der Waals surface area contributed by atoms with Crippen LogP contribution >= 0.6 is 23.5 Å². The molecular weight excluding hydrogens is 221 g/mol. The topological polar surface area (TPSA) is 46.5 Å². The minimum absolute atomic E-state index is 0.255. The lowest BCUT2D eigenvalue weighted by atomic mass is 10.8. The van der Waals surface area contributed by atoms with Crippen LogP contribution in [0.4, 0.5) is 3.89 Å². The standard InChI is InChI=1S/C5H8FNO2S3/c6-12(8,9)4-3-11-5-7-1-2-10-5/h1-4H2. The van der Waals surface area contributed by atoms with E-state index in [1.165, 1.54) is 11.8 Å². The van der Waals surface area contributed by atoms with Gasteiger partial charge >= 0.3 is 10.2 Å². The van der Waals surface area contributed by atoms with Gasteiger partial charge in [0, 0.05) is 11.5 Å². The van der Waals surface area contributed by atoms with E-state index in [2.05, 4.69) is 4.99 Å². The third kappa shape index (κ3) is 4.32. The van der Waals surface area contributed by atoms with Crippen molar-refractivity contribution in [1.82, 2.24) is 0 Å². The van der Waals surface area contributed by atoms with Crippen LogP contribution in [0.1, 0.15) is 0 Å². The molecule has 0 spiro atoms. The van der Waals surface area contributed by atoms with Gasteiger partial charge in [0.2, 0.25) is 0 Å². The second-order valence-electron chi connectivity index (χ2n) is 2.09. The minimum atomic E-state index is -4.30. The Morgan fingerprint density at radius 2 is 2.42 bits per heavy atom. The molecule has 1 heterocycles. The third-order valence-corrected chi connectivity index (χ3v) is 4.31. The minimum Gasteiger partial charge on any atom is -0.271 e. The van der Waals surface area contributed by atoms with Crippen molar-refractivity contribution in [3.05, 3.63) is 0 Å². The largest absolute Gasteiger partial charge is 0.303 e. The predicted molar refractivity (Wildman–Crippen MR) is 52.1 cm³/mol. The van der Waals surface area contributed by atoms with Crippen molar-refractivity contribution in [2.24, 2.45) is 4.99 Å². The third-order valence-electron chi connectivity index (χ3n) is 1.11. The molecule has 0 bridgehead atoms. The van der Waals surface area contributed by atoms with Crippen LogP contribution < -0.4 is 0 Å². The number of nitrogens with zero attached hydrogens (tertiary/aromatic N) is 1. The fourth-order valence-electron chi connectivity index (χ4n) is 0.631. The van der Waals surface area contributed by atoms with Crippen molar-refractivity contribution in [1.29, 1.82) is 0 Å². The van der Waals surface area contributed by atoms with Gasteiger partial charge in [-0.15, -0.1) is 3.89 Å². The van der Waals surface area contributed by atoms with E-state index < -0.39 is 16.0 Å². The average molecular weight is 229 g/mol. The van der Waals surface area contributed by atoms with Gasteiger partial charge in [-0.1, -0.05) is 23.5 Å². The van der Waals surface area contributed by atoms with E-state index in [0.717, 1.165) is 16.7 Å². The van der Waals surface area contributed by atoms with Crippen LogP contribution in [0.3, 0.4) is 0 Å². The summed E-state index contributed by atoms with van der Waals surface area (Å²) in [7, 11) is -4.30. The van der Waals surface area contributed by atoms with Gasteiger partial charge in [0.1, 0.15) is 4.38 Å². The van der Waals surface area contributed by atoms with Gasteiger partial charge in [-0.25, -0.2) is 0 Å². The van der Waals surface area contributed by atoms with Gasteiger partial charge in [-0.05, 0) is 0 Å². The maximum absolute atomic E-state index is 12.0. The fraction of sp³-hybridized carbons (Fsp3) is 0.800. The van der Waals surface area contributed by atoms with Crippen LogP contribution in [0.25, 0.3) is 0 Å². The van der Waals surface area contributed by atoms with E-state index in [1.807, 2.05) is 0 Å². The van der Waals surface area contributed by atoms with Crippen LogP contribution in [-0.2, 0) is 10.2 Å². The van der Waals surface area contributed by atoms with E-state index in [4.69, 9.17) is 0 Å². The van der Waals surface area contributed by atoms with Crippen molar-refractivity contribution < 1.29 is 12.3 Å². The number of hydrogen-bond donors (Lipinski definition) is 0. The summed E-state index contributed by atoms with van der Waals surface area (Å²) < 4.78 is 33.0. The number of hydrogen-bond acceptors (Lipinski definition) is 5. The maximum atomic E-state index is 12.0. The molecule has 70 valence electrons. The molecule has 0 atom stereocenters.